The first-order valence-corrected chi connectivity index (χ1v) is 7.74. The van der Waals surface area contributed by atoms with Gasteiger partial charge in [0.05, 0.1) is 0 Å². The summed E-state index contributed by atoms with van der Waals surface area (Å²) < 4.78 is 5.55. The minimum atomic E-state index is 0. The maximum Gasteiger partial charge on any atom is 0.230 e. The number of pyridine rings is 1. The molecule has 3 aromatic rings. The van der Waals surface area contributed by atoms with Crippen molar-refractivity contribution in [1.29, 1.82) is 0 Å². The summed E-state index contributed by atoms with van der Waals surface area (Å²) >= 11 is 0. The summed E-state index contributed by atoms with van der Waals surface area (Å²) in [7, 11) is 0. The van der Waals surface area contributed by atoms with E-state index in [2.05, 4.69) is 26.5 Å². The molecule has 1 saturated carbocycles. The van der Waals surface area contributed by atoms with Crippen molar-refractivity contribution in [3.05, 3.63) is 42.4 Å². The molecule has 0 bridgehead atoms. The zero-order valence-electron chi connectivity index (χ0n) is 12.5. The first-order valence-electron chi connectivity index (χ1n) is 7.74. The molecule has 5 nitrogen and oxygen atoms in total. The average molecular weight is 329 g/mol. The van der Waals surface area contributed by atoms with Crippen LogP contribution in [0.5, 0.6) is 0 Å². The SMILES string of the molecule is Cl.c1ccc2c(-c3noc(C4CC45CCNC5)n3)nccc2c1. The van der Waals surface area contributed by atoms with Gasteiger partial charge in [-0.1, -0.05) is 29.4 Å². The minimum Gasteiger partial charge on any atom is -0.339 e. The van der Waals surface area contributed by atoms with Crippen molar-refractivity contribution in [3.8, 4) is 11.5 Å². The second-order valence-electron chi connectivity index (χ2n) is 6.38. The highest BCUT2D eigenvalue weighted by atomic mass is 35.5. The molecule has 1 N–H and O–H groups in total. The second-order valence-corrected chi connectivity index (χ2v) is 6.38. The molecule has 3 heterocycles. The van der Waals surface area contributed by atoms with Crippen LogP contribution in [0.25, 0.3) is 22.3 Å². The molecule has 1 aromatic carbocycles. The first kappa shape index (κ1) is 14.6. The lowest BCUT2D eigenvalue weighted by atomic mass is 10.0. The molecule has 2 unspecified atom stereocenters. The van der Waals surface area contributed by atoms with Gasteiger partial charge in [-0.25, -0.2) is 0 Å². The molecular weight excluding hydrogens is 312 g/mol. The summed E-state index contributed by atoms with van der Waals surface area (Å²) in [4.78, 5) is 9.11. The number of halogens is 1. The van der Waals surface area contributed by atoms with Gasteiger partial charge >= 0.3 is 0 Å². The number of hydrogen-bond acceptors (Lipinski definition) is 5. The number of aromatic nitrogens is 3. The Balaban J connectivity index is 0.00000135. The fourth-order valence-electron chi connectivity index (χ4n) is 3.70. The van der Waals surface area contributed by atoms with E-state index in [9.17, 15) is 0 Å². The Morgan fingerprint density at radius 1 is 1.22 bits per heavy atom. The predicted molar refractivity (Wildman–Crippen MR) is 89.6 cm³/mol. The molecule has 2 aliphatic rings. The van der Waals surface area contributed by atoms with E-state index >= 15 is 0 Å². The summed E-state index contributed by atoms with van der Waals surface area (Å²) in [5.41, 5.74) is 1.17. The topological polar surface area (TPSA) is 63.8 Å². The lowest BCUT2D eigenvalue weighted by Gasteiger charge is -2.02. The highest BCUT2D eigenvalue weighted by Crippen LogP contribution is 2.62. The quantitative estimate of drug-likeness (QED) is 0.782. The van der Waals surface area contributed by atoms with E-state index in [4.69, 9.17) is 4.52 Å². The number of nitrogens with one attached hydrogen (secondary N) is 1. The third-order valence-corrected chi connectivity index (χ3v) is 5.09. The Morgan fingerprint density at radius 2 is 2.13 bits per heavy atom. The standard InChI is InChI=1S/C17H16N4O.ClH/c1-2-4-12-11(3-1)5-7-19-14(12)15-20-16(22-21-15)13-9-17(13)6-8-18-10-17;/h1-5,7,13,18H,6,8-10H2;1H. The van der Waals surface area contributed by atoms with Crippen molar-refractivity contribution in [1.82, 2.24) is 20.4 Å². The average Bonchev–Trinajstić information content (AvgIpc) is 2.93. The van der Waals surface area contributed by atoms with Crippen LogP contribution in [-0.2, 0) is 0 Å². The fraction of sp³-hybridized carbons (Fsp3) is 0.353. The van der Waals surface area contributed by atoms with E-state index in [0.717, 1.165) is 41.9 Å². The summed E-state index contributed by atoms with van der Waals surface area (Å²) in [6.45, 7) is 2.17. The van der Waals surface area contributed by atoms with Crippen molar-refractivity contribution >= 4 is 23.2 Å². The van der Waals surface area contributed by atoms with Crippen LogP contribution in [0.2, 0.25) is 0 Å². The van der Waals surface area contributed by atoms with Gasteiger partial charge in [0.1, 0.15) is 5.69 Å². The van der Waals surface area contributed by atoms with Crippen LogP contribution in [0.3, 0.4) is 0 Å². The smallest absolute Gasteiger partial charge is 0.230 e. The monoisotopic (exact) mass is 328 g/mol. The van der Waals surface area contributed by atoms with Crippen LogP contribution in [0.15, 0.2) is 41.1 Å². The normalized spacial score (nSPS) is 25.7. The van der Waals surface area contributed by atoms with Crippen LogP contribution in [0.4, 0.5) is 0 Å². The van der Waals surface area contributed by atoms with Crippen LogP contribution < -0.4 is 5.32 Å². The molecule has 1 saturated heterocycles. The Hall–Kier alpha value is -1.98. The van der Waals surface area contributed by atoms with Gasteiger partial charge in [0.25, 0.3) is 0 Å². The zero-order valence-corrected chi connectivity index (χ0v) is 13.3. The molecule has 2 aromatic heterocycles. The second kappa shape index (κ2) is 5.28. The number of fused-ring (bicyclic) bond motifs is 1. The Morgan fingerprint density at radius 3 is 3.00 bits per heavy atom. The molecular formula is C17H17ClN4O. The van der Waals surface area contributed by atoms with Crippen molar-refractivity contribution in [2.45, 2.75) is 18.8 Å². The molecule has 1 aliphatic heterocycles. The van der Waals surface area contributed by atoms with E-state index in [1.165, 1.54) is 6.42 Å². The zero-order chi connectivity index (χ0) is 14.6. The van der Waals surface area contributed by atoms with Crippen molar-refractivity contribution in [2.75, 3.05) is 13.1 Å². The Bertz CT molecular complexity index is 851. The summed E-state index contributed by atoms with van der Waals surface area (Å²) in [5.74, 6) is 1.78. The first-order chi connectivity index (χ1) is 10.9. The highest BCUT2D eigenvalue weighted by Gasteiger charge is 2.58. The molecule has 0 radical (unpaired) electrons. The van der Waals surface area contributed by atoms with E-state index in [1.807, 2.05) is 24.3 Å². The van der Waals surface area contributed by atoms with Crippen molar-refractivity contribution in [3.63, 3.8) is 0 Å². The molecule has 1 spiro atoms. The molecule has 0 amide bonds. The molecule has 2 fully saturated rings. The summed E-state index contributed by atoms with van der Waals surface area (Å²) in [5, 5.41) is 9.82. The van der Waals surface area contributed by atoms with E-state index in [-0.39, 0.29) is 12.4 Å². The van der Waals surface area contributed by atoms with Gasteiger partial charge in [0.15, 0.2) is 0 Å². The molecule has 118 valence electrons. The molecule has 6 heteroatoms. The van der Waals surface area contributed by atoms with E-state index in [0.29, 0.717) is 17.2 Å². The molecule has 1 aliphatic carbocycles. The van der Waals surface area contributed by atoms with Gasteiger partial charge in [-0.2, -0.15) is 4.98 Å². The van der Waals surface area contributed by atoms with Crippen LogP contribution in [0.1, 0.15) is 24.7 Å². The van der Waals surface area contributed by atoms with Crippen LogP contribution >= 0.6 is 12.4 Å². The van der Waals surface area contributed by atoms with Gasteiger partial charge in [-0.15, -0.1) is 12.4 Å². The Kier molecular flexibility index (Phi) is 3.36. The summed E-state index contributed by atoms with van der Waals surface area (Å²) in [6.07, 6.45) is 4.17. The third-order valence-electron chi connectivity index (χ3n) is 5.09. The molecule has 23 heavy (non-hydrogen) atoms. The predicted octanol–water partition coefficient (Wildman–Crippen LogP) is 3.17. The summed E-state index contributed by atoms with van der Waals surface area (Å²) in [6, 6.07) is 10.2. The lowest BCUT2D eigenvalue weighted by Crippen LogP contribution is -2.10. The van der Waals surface area contributed by atoms with Crippen LogP contribution in [0, 0.1) is 5.41 Å². The molecule has 2 atom stereocenters. The maximum absolute atomic E-state index is 5.55. The van der Waals surface area contributed by atoms with E-state index in [1.54, 1.807) is 6.20 Å². The third kappa shape index (κ3) is 2.23. The van der Waals surface area contributed by atoms with Crippen molar-refractivity contribution in [2.24, 2.45) is 5.41 Å². The molecule has 5 rings (SSSR count). The van der Waals surface area contributed by atoms with Gasteiger partial charge in [-0.3, -0.25) is 4.98 Å². The van der Waals surface area contributed by atoms with Crippen molar-refractivity contribution < 1.29 is 4.52 Å². The van der Waals surface area contributed by atoms with Gasteiger partial charge in [0, 0.05) is 24.0 Å². The number of rotatable bonds is 2. The maximum atomic E-state index is 5.55. The fourth-order valence-corrected chi connectivity index (χ4v) is 3.70. The van der Waals surface area contributed by atoms with E-state index < -0.39 is 0 Å². The van der Waals surface area contributed by atoms with Crippen LogP contribution in [-0.4, -0.2) is 28.2 Å². The lowest BCUT2D eigenvalue weighted by molar-refractivity contribution is 0.364. The number of benzene rings is 1. The van der Waals surface area contributed by atoms with Gasteiger partial charge in [0.2, 0.25) is 11.7 Å². The van der Waals surface area contributed by atoms with Gasteiger partial charge in [-0.05, 0) is 36.3 Å². The number of nitrogens with zero attached hydrogens (tertiary/aromatic N) is 3. The largest absolute Gasteiger partial charge is 0.339 e. The Labute approximate surface area is 139 Å². The minimum absolute atomic E-state index is 0. The highest BCUT2D eigenvalue weighted by molar-refractivity contribution is 5.92. The van der Waals surface area contributed by atoms with Gasteiger partial charge < -0.3 is 9.84 Å². The number of hydrogen-bond donors (Lipinski definition) is 1.